The summed E-state index contributed by atoms with van der Waals surface area (Å²) in [6.45, 7) is 6.82. The Bertz CT molecular complexity index is 369. The number of benzene rings is 1. The first kappa shape index (κ1) is 10.0. The van der Waals surface area contributed by atoms with Crippen LogP contribution in [0.15, 0.2) is 30.3 Å². The van der Waals surface area contributed by atoms with Gasteiger partial charge in [0.15, 0.2) is 0 Å². The molecule has 1 aromatic rings. The Morgan fingerprint density at radius 1 is 1.21 bits per heavy atom. The van der Waals surface area contributed by atoms with Crippen LogP contribution < -0.4 is 0 Å². The second kappa shape index (κ2) is 3.56. The van der Waals surface area contributed by atoms with Crippen molar-refractivity contribution in [2.45, 2.75) is 26.1 Å². The summed E-state index contributed by atoms with van der Waals surface area (Å²) < 4.78 is 1.60. The summed E-state index contributed by atoms with van der Waals surface area (Å²) in [4.78, 5) is 0. The van der Waals surface area contributed by atoms with Crippen molar-refractivity contribution < 1.29 is 0 Å². The van der Waals surface area contributed by atoms with Crippen molar-refractivity contribution in [1.82, 2.24) is 0 Å². The van der Waals surface area contributed by atoms with Gasteiger partial charge in [-0.25, -0.2) is 0 Å². The average molecular weight is 251 g/mol. The van der Waals surface area contributed by atoms with Crippen LogP contribution in [-0.4, -0.2) is 15.0 Å². The number of hydrogen-bond acceptors (Lipinski definition) is 0. The van der Waals surface area contributed by atoms with Gasteiger partial charge in [-0.05, 0) is 0 Å². The zero-order chi connectivity index (χ0) is 10.2. The Morgan fingerprint density at radius 2 is 1.93 bits per heavy atom. The Kier molecular flexibility index (Phi) is 2.55. The second-order valence-electron chi connectivity index (χ2n) is 4.82. The molecule has 74 valence electrons. The van der Waals surface area contributed by atoms with E-state index in [2.05, 4.69) is 51.1 Å². The van der Waals surface area contributed by atoms with Gasteiger partial charge in [0.25, 0.3) is 0 Å². The molecule has 0 bridgehead atoms. The first-order valence-electron chi connectivity index (χ1n) is 5.00. The van der Waals surface area contributed by atoms with E-state index in [1.807, 2.05) is 0 Å². The summed E-state index contributed by atoms with van der Waals surface area (Å²) in [7, 11) is 0. The summed E-state index contributed by atoms with van der Waals surface area (Å²) in [6, 6.07) is 8.83. The van der Waals surface area contributed by atoms with E-state index >= 15 is 0 Å². The van der Waals surface area contributed by atoms with Gasteiger partial charge >= 0.3 is 92.4 Å². The zero-order valence-electron chi connectivity index (χ0n) is 9.00. The third-order valence-electron chi connectivity index (χ3n) is 2.23. The Balaban J connectivity index is 2.40. The van der Waals surface area contributed by atoms with E-state index in [4.69, 9.17) is 0 Å². The van der Waals surface area contributed by atoms with E-state index in [9.17, 15) is 0 Å². The van der Waals surface area contributed by atoms with Crippen LogP contribution in [-0.2, 0) is 5.32 Å². The minimum atomic E-state index is 0.314. The maximum absolute atomic E-state index is 2.44. The molecule has 1 aliphatic heterocycles. The summed E-state index contributed by atoms with van der Waals surface area (Å²) >= 11 is 0.664. The number of hydrogen-bond donors (Lipinski definition) is 0. The predicted octanol–water partition coefficient (Wildman–Crippen LogP) is 3.29. The first-order chi connectivity index (χ1) is 6.56. The molecule has 0 saturated heterocycles. The molecule has 0 fully saturated rings. The fraction of sp³-hybridized carbons (Fsp3) is 0.385. The van der Waals surface area contributed by atoms with Crippen molar-refractivity contribution >= 4 is 19.4 Å². The van der Waals surface area contributed by atoms with Gasteiger partial charge in [-0.2, -0.15) is 0 Å². The fourth-order valence-electron chi connectivity index (χ4n) is 1.63. The number of fused-ring (bicyclic) bond motifs is 1. The molecular formula is C13H16Se. The molecule has 1 heterocycles. The molecule has 0 amide bonds. The normalized spacial score (nSPS) is 18.6. The van der Waals surface area contributed by atoms with Crippen LogP contribution in [0.2, 0.25) is 0 Å². The van der Waals surface area contributed by atoms with Crippen molar-refractivity contribution in [2.24, 2.45) is 5.41 Å². The summed E-state index contributed by atoms with van der Waals surface area (Å²) in [6.07, 6.45) is 2.44. The molecule has 0 spiro atoms. The molecule has 0 atom stereocenters. The predicted molar refractivity (Wildman–Crippen MR) is 63.3 cm³/mol. The molecule has 0 nitrogen and oxygen atoms in total. The summed E-state index contributed by atoms with van der Waals surface area (Å²) in [5.41, 5.74) is 3.36. The molecule has 0 unspecified atom stereocenters. The zero-order valence-corrected chi connectivity index (χ0v) is 10.7. The first-order valence-corrected chi connectivity index (χ1v) is 7.07. The standard InChI is InChI=1S/C13H16Se/c1-13(2,3)8-12-11-7-5-4-6-10(11)9-14-12/h4-8H,9H2,1-3H3/b12-8+. The van der Waals surface area contributed by atoms with Gasteiger partial charge in [-0.15, -0.1) is 0 Å². The van der Waals surface area contributed by atoms with E-state index in [1.165, 1.54) is 10.9 Å². The van der Waals surface area contributed by atoms with E-state index in [0.717, 1.165) is 0 Å². The molecule has 2 rings (SSSR count). The van der Waals surface area contributed by atoms with Crippen molar-refractivity contribution in [3.63, 3.8) is 0 Å². The van der Waals surface area contributed by atoms with Gasteiger partial charge in [-0.3, -0.25) is 0 Å². The molecule has 0 aliphatic carbocycles. The number of allylic oxidation sites excluding steroid dienone is 1. The van der Waals surface area contributed by atoms with Crippen molar-refractivity contribution in [3.8, 4) is 0 Å². The van der Waals surface area contributed by atoms with E-state index in [1.54, 1.807) is 10.0 Å². The van der Waals surface area contributed by atoms with Crippen molar-refractivity contribution in [1.29, 1.82) is 0 Å². The van der Waals surface area contributed by atoms with Crippen LogP contribution >= 0.6 is 0 Å². The van der Waals surface area contributed by atoms with Crippen molar-refractivity contribution in [3.05, 3.63) is 41.5 Å². The van der Waals surface area contributed by atoms with Crippen LogP contribution in [0.5, 0.6) is 0 Å². The van der Waals surface area contributed by atoms with Gasteiger partial charge in [0.05, 0.1) is 0 Å². The summed E-state index contributed by atoms with van der Waals surface area (Å²) in [5, 5.41) is 1.28. The Hall–Kier alpha value is -0.521. The molecule has 1 aliphatic rings. The second-order valence-corrected chi connectivity index (χ2v) is 6.95. The van der Waals surface area contributed by atoms with Gasteiger partial charge in [0, 0.05) is 0 Å². The molecule has 0 N–H and O–H groups in total. The minimum absolute atomic E-state index is 0.314. The Morgan fingerprint density at radius 3 is 2.64 bits per heavy atom. The average Bonchev–Trinajstić information content (AvgIpc) is 2.47. The van der Waals surface area contributed by atoms with Crippen LogP contribution in [0.3, 0.4) is 0 Å². The Labute approximate surface area is 92.6 Å². The van der Waals surface area contributed by atoms with Crippen LogP contribution in [0.4, 0.5) is 0 Å². The van der Waals surface area contributed by atoms with Crippen LogP contribution in [0.25, 0.3) is 4.47 Å². The van der Waals surface area contributed by atoms with Gasteiger partial charge in [0.2, 0.25) is 0 Å². The van der Waals surface area contributed by atoms with Gasteiger partial charge in [-0.1, -0.05) is 0 Å². The third-order valence-corrected chi connectivity index (χ3v) is 4.55. The molecule has 1 aromatic carbocycles. The van der Waals surface area contributed by atoms with Crippen LogP contribution in [0.1, 0.15) is 31.9 Å². The van der Waals surface area contributed by atoms with Gasteiger partial charge in [0.1, 0.15) is 0 Å². The molecule has 1 heteroatoms. The third kappa shape index (κ3) is 2.10. The van der Waals surface area contributed by atoms with E-state index in [-0.39, 0.29) is 0 Å². The van der Waals surface area contributed by atoms with Crippen LogP contribution in [0, 0.1) is 5.41 Å². The summed E-state index contributed by atoms with van der Waals surface area (Å²) in [5.74, 6) is 0. The maximum atomic E-state index is 2.44. The molecule has 14 heavy (non-hydrogen) atoms. The van der Waals surface area contributed by atoms with Gasteiger partial charge < -0.3 is 0 Å². The molecule has 0 radical (unpaired) electrons. The SMILES string of the molecule is CC(C)(C)/C=C1/[Se]Cc2ccccc21. The topological polar surface area (TPSA) is 0 Å². The fourth-order valence-corrected chi connectivity index (χ4v) is 4.47. The number of rotatable bonds is 0. The quantitative estimate of drug-likeness (QED) is 0.621. The van der Waals surface area contributed by atoms with Crippen molar-refractivity contribution in [2.75, 3.05) is 0 Å². The van der Waals surface area contributed by atoms with E-state index < -0.39 is 0 Å². The monoisotopic (exact) mass is 252 g/mol. The van der Waals surface area contributed by atoms with E-state index in [0.29, 0.717) is 20.4 Å². The molecular weight excluding hydrogens is 235 g/mol. The molecule has 0 aromatic heterocycles. The molecule has 0 saturated carbocycles.